The molecule has 0 saturated carbocycles. The molecule has 2 aromatic carbocycles. The Morgan fingerprint density at radius 1 is 1.00 bits per heavy atom. The largest absolute Gasteiger partial charge is 0.356 e. The number of rotatable bonds is 8. The number of carbonyl (C=O) groups is 1. The summed E-state index contributed by atoms with van der Waals surface area (Å²) >= 11 is 0. The molecule has 0 heterocycles. The summed E-state index contributed by atoms with van der Waals surface area (Å²) in [5, 5.41) is 2.67. The van der Waals surface area contributed by atoms with E-state index in [1.807, 2.05) is 0 Å². The number of amides is 1. The van der Waals surface area contributed by atoms with Crippen LogP contribution in [0, 0.1) is 5.82 Å². The molecule has 5 nitrogen and oxygen atoms in total. The third kappa shape index (κ3) is 6.42. The molecule has 0 fully saturated rings. The van der Waals surface area contributed by atoms with Crippen molar-refractivity contribution >= 4 is 15.9 Å². The standard InChI is InChI=1S/C21H27FN2O3S/c1-21(2,3)17-8-10-18(11-9-17)28(26,27)24-15-13-20(25)23-14-12-16-6-4-5-7-19(16)22/h4-11,24H,12-15H2,1-3H3,(H,23,25). The van der Waals surface area contributed by atoms with Gasteiger partial charge in [0, 0.05) is 19.5 Å². The zero-order valence-corrected chi connectivity index (χ0v) is 17.3. The summed E-state index contributed by atoms with van der Waals surface area (Å²) in [6, 6.07) is 13.1. The van der Waals surface area contributed by atoms with Gasteiger partial charge in [0.2, 0.25) is 15.9 Å². The van der Waals surface area contributed by atoms with Gasteiger partial charge in [-0.25, -0.2) is 17.5 Å². The molecule has 0 atom stereocenters. The Morgan fingerprint density at radius 3 is 2.25 bits per heavy atom. The smallest absolute Gasteiger partial charge is 0.240 e. The van der Waals surface area contributed by atoms with Crippen LogP contribution in [0.25, 0.3) is 0 Å². The fourth-order valence-corrected chi connectivity index (χ4v) is 3.67. The van der Waals surface area contributed by atoms with E-state index in [1.54, 1.807) is 42.5 Å². The molecule has 0 aliphatic heterocycles. The average Bonchev–Trinajstić information content (AvgIpc) is 2.62. The molecule has 7 heteroatoms. The van der Waals surface area contributed by atoms with E-state index < -0.39 is 10.0 Å². The highest BCUT2D eigenvalue weighted by Gasteiger charge is 2.17. The highest BCUT2D eigenvalue weighted by Crippen LogP contribution is 2.23. The number of hydrogen-bond acceptors (Lipinski definition) is 3. The minimum absolute atomic E-state index is 0.00507. The number of halogens is 1. The lowest BCUT2D eigenvalue weighted by Gasteiger charge is -2.19. The van der Waals surface area contributed by atoms with Crippen molar-refractivity contribution in [3.05, 3.63) is 65.5 Å². The lowest BCUT2D eigenvalue weighted by atomic mass is 9.87. The highest BCUT2D eigenvalue weighted by molar-refractivity contribution is 7.89. The van der Waals surface area contributed by atoms with Crippen molar-refractivity contribution in [2.45, 2.75) is 43.9 Å². The van der Waals surface area contributed by atoms with Crippen LogP contribution in [0.3, 0.4) is 0 Å². The van der Waals surface area contributed by atoms with Crippen LogP contribution in [-0.4, -0.2) is 27.4 Å². The lowest BCUT2D eigenvalue weighted by molar-refractivity contribution is -0.120. The quantitative estimate of drug-likeness (QED) is 0.707. The predicted molar refractivity (Wildman–Crippen MR) is 108 cm³/mol. The van der Waals surface area contributed by atoms with E-state index >= 15 is 0 Å². The third-order valence-corrected chi connectivity index (χ3v) is 5.83. The van der Waals surface area contributed by atoms with Crippen molar-refractivity contribution in [1.29, 1.82) is 0 Å². The number of hydrogen-bond donors (Lipinski definition) is 2. The molecule has 0 aromatic heterocycles. The van der Waals surface area contributed by atoms with Crippen LogP contribution < -0.4 is 10.0 Å². The monoisotopic (exact) mass is 406 g/mol. The van der Waals surface area contributed by atoms with Crippen molar-refractivity contribution in [3.8, 4) is 0 Å². The first-order valence-corrected chi connectivity index (χ1v) is 10.7. The third-order valence-electron chi connectivity index (χ3n) is 4.35. The van der Waals surface area contributed by atoms with Crippen molar-refractivity contribution in [2.24, 2.45) is 0 Å². The lowest BCUT2D eigenvalue weighted by Crippen LogP contribution is -2.31. The van der Waals surface area contributed by atoms with Gasteiger partial charge in [-0.15, -0.1) is 0 Å². The molecule has 2 aromatic rings. The van der Waals surface area contributed by atoms with Gasteiger partial charge in [0.15, 0.2) is 0 Å². The second-order valence-electron chi connectivity index (χ2n) is 7.61. The summed E-state index contributed by atoms with van der Waals surface area (Å²) in [6.07, 6.45) is 0.390. The Hall–Kier alpha value is -2.25. The Labute approximate surface area is 166 Å². The number of benzene rings is 2. The molecule has 0 aliphatic carbocycles. The van der Waals surface area contributed by atoms with Crippen LogP contribution in [0.4, 0.5) is 4.39 Å². The summed E-state index contributed by atoms with van der Waals surface area (Å²) in [6.45, 7) is 6.45. The maximum absolute atomic E-state index is 13.5. The van der Waals surface area contributed by atoms with Crippen LogP contribution in [0.1, 0.15) is 38.3 Å². The predicted octanol–water partition coefficient (Wildman–Crippen LogP) is 3.15. The van der Waals surface area contributed by atoms with Gasteiger partial charge in [0.05, 0.1) is 4.90 Å². The Bertz CT molecular complexity index is 904. The SMILES string of the molecule is CC(C)(C)c1ccc(S(=O)(=O)NCCC(=O)NCCc2ccccc2F)cc1. The van der Waals surface area contributed by atoms with E-state index in [-0.39, 0.29) is 35.0 Å². The van der Waals surface area contributed by atoms with E-state index in [0.717, 1.165) is 5.56 Å². The number of carbonyl (C=O) groups excluding carboxylic acids is 1. The molecule has 0 unspecified atom stereocenters. The molecule has 152 valence electrons. The fourth-order valence-electron chi connectivity index (χ4n) is 2.64. The van der Waals surface area contributed by atoms with Gasteiger partial charge in [0.1, 0.15) is 5.82 Å². The van der Waals surface area contributed by atoms with Crippen molar-refractivity contribution in [3.63, 3.8) is 0 Å². The molecular formula is C21H27FN2O3S. The first-order chi connectivity index (χ1) is 13.1. The maximum Gasteiger partial charge on any atom is 0.240 e. The molecule has 2 rings (SSSR count). The topological polar surface area (TPSA) is 75.3 Å². The highest BCUT2D eigenvalue weighted by atomic mass is 32.2. The molecule has 0 bridgehead atoms. The summed E-state index contributed by atoms with van der Waals surface area (Å²) in [5.74, 6) is -0.593. The minimum atomic E-state index is -3.67. The van der Waals surface area contributed by atoms with E-state index in [2.05, 4.69) is 30.8 Å². The van der Waals surface area contributed by atoms with Crippen LogP contribution in [0.2, 0.25) is 0 Å². The second kappa shape index (κ2) is 9.30. The van der Waals surface area contributed by atoms with Crippen molar-refractivity contribution in [1.82, 2.24) is 10.0 Å². The number of sulfonamides is 1. The van der Waals surface area contributed by atoms with Crippen molar-refractivity contribution in [2.75, 3.05) is 13.1 Å². The summed E-state index contributed by atoms with van der Waals surface area (Å²) in [4.78, 5) is 12.0. The van der Waals surface area contributed by atoms with Crippen LogP contribution in [0.15, 0.2) is 53.4 Å². The Morgan fingerprint density at radius 2 is 1.64 bits per heavy atom. The normalized spacial score (nSPS) is 12.0. The molecule has 0 aliphatic rings. The van der Waals surface area contributed by atoms with Gasteiger partial charge in [0.25, 0.3) is 0 Å². The maximum atomic E-state index is 13.5. The molecule has 0 spiro atoms. The summed E-state index contributed by atoms with van der Waals surface area (Å²) in [7, 11) is -3.67. The van der Waals surface area contributed by atoms with E-state index in [4.69, 9.17) is 0 Å². The van der Waals surface area contributed by atoms with Gasteiger partial charge in [-0.2, -0.15) is 0 Å². The van der Waals surface area contributed by atoms with Gasteiger partial charge in [-0.3, -0.25) is 4.79 Å². The Balaban J connectivity index is 1.78. The fraction of sp³-hybridized carbons (Fsp3) is 0.381. The first kappa shape index (κ1) is 22.0. The molecule has 2 N–H and O–H groups in total. The molecule has 1 amide bonds. The average molecular weight is 407 g/mol. The number of nitrogens with one attached hydrogen (secondary N) is 2. The van der Waals surface area contributed by atoms with Gasteiger partial charge in [-0.1, -0.05) is 51.1 Å². The molecule has 0 saturated heterocycles. The van der Waals surface area contributed by atoms with Crippen LogP contribution in [-0.2, 0) is 26.7 Å². The van der Waals surface area contributed by atoms with E-state index in [0.29, 0.717) is 18.5 Å². The summed E-state index contributed by atoms with van der Waals surface area (Å²) in [5.41, 5.74) is 1.51. The van der Waals surface area contributed by atoms with Crippen molar-refractivity contribution < 1.29 is 17.6 Å². The zero-order chi connectivity index (χ0) is 20.8. The molecular weight excluding hydrogens is 379 g/mol. The van der Waals surface area contributed by atoms with Crippen LogP contribution >= 0.6 is 0 Å². The van der Waals surface area contributed by atoms with Gasteiger partial charge < -0.3 is 5.32 Å². The minimum Gasteiger partial charge on any atom is -0.356 e. The van der Waals surface area contributed by atoms with E-state index in [9.17, 15) is 17.6 Å². The second-order valence-corrected chi connectivity index (χ2v) is 9.38. The molecule has 0 radical (unpaired) electrons. The molecule has 28 heavy (non-hydrogen) atoms. The van der Waals surface area contributed by atoms with Gasteiger partial charge in [-0.05, 0) is 41.2 Å². The summed E-state index contributed by atoms with van der Waals surface area (Å²) < 4.78 is 40.6. The zero-order valence-electron chi connectivity index (χ0n) is 16.5. The Kier molecular flexibility index (Phi) is 7.32. The first-order valence-electron chi connectivity index (χ1n) is 9.20. The van der Waals surface area contributed by atoms with Gasteiger partial charge >= 0.3 is 0 Å². The van der Waals surface area contributed by atoms with E-state index in [1.165, 1.54) is 6.07 Å². The van der Waals surface area contributed by atoms with Crippen LogP contribution in [0.5, 0.6) is 0 Å².